The number of hydrogen-bond acceptors (Lipinski definition) is 6. The van der Waals surface area contributed by atoms with Crippen LogP contribution in [-0.4, -0.2) is 45.8 Å². The summed E-state index contributed by atoms with van der Waals surface area (Å²) < 4.78 is 6.88. The fourth-order valence-electron chi connectivity index (χ4n) is 3.26. The van der Waals surface area contributed by atoms with Gasteiger partial charge in [0.1, 0.15) is 11.6 Å². The first-order chi connectivity index (χ1) is 13.1. The van der Waals surface area contributed by atoms with Crippen LogP contribution in [0.3, 0.4) is 0 Å². The maximum Gasteiger partial charge on any atom is 0.255 e. The maximum atomic E-state index is 12.7. The SMILES string of the molecule is COCCN1C(=O)c2cc(-c3ccnc(Nc4ccnn4C)c3)sc2C1C. The first kappa shape index (κ1) is 17.7. The van der Waals surface area contributed by atoms with Gasteiger partial charge in [0.05, 0.1) is 24.4 Å². The lowest BCUT2D eigenvalue weighted by Crippen LogP contribution is -2.30. The third-order valence-electron chi connectivity index (χ3n) is 4.76. The van der Waals surface area contributed by atoms with E-state index < -0.39 is 0 Å². The van der Waals surface area contributed by atoms with Crippen LogP contribution < -0.4 is 5.32 Å². The number of nitrogens with one attached hydrogen (secondary N) is 1. The van der Waals surface area contributed by atoms with Crippen molar-refractivity contribution in [2.24, 2.45) is 7.05 Å². The zero-order valence-electron chi connectivity index (χ0n) is 15.5. The summed E-state index contributed by atoms with van der Waals surface area (Å²) in [4.78, 5) is 21.2. The van der Waals surface area contributed by atoms with Crippen LogP contribution in [0.25, 0.3) is 10.4 Å². The summed E-state index contributed by atoms with van der Waals surface area (Å²) in [7, 11) is 3.53. The zero-order valence-corrected chi connectivity index (χ0v) is 16.3. The number of thiophene rings is 1. The van der Waals surface area contributed by atoms with E-state index in [4.69, 9.17) is 4.74 Å². The van der Waals surface area contributed by atoms with Crippen LogP contribution in [0.2, 0.25) is 0 Å². The van der Waals surface area contributed by atoms with Gasteiger partial charge in [-0.25, -0.2) is 4.98 Å². The van der Waals surface area contributed by atoms with Gasteiger partial charge in [-0.15, -0.1) is 11.3 Å². The molecule has 1 aliphatic heterocycles. The molecule has 1 atom stereocenters. The molecular weight excluding hydrogens is 362 g/mol. The summed E-state index contributed by atoms with van der Waals surface area (Å²) in [6, 6.07) is 7.92. The minimum atomic E-state index is 0.0790. The van der Waals surface area contributed by atoms with E-state index in [0.29, 0.717) is 13.2 Å². The molecular formula is C19H21N5O2S. The Morgan fingerprint density at radius 1 is 1.30 bits per heavy atom. The third-order valence-corrected chi connectivity index (χ3v) is 6.11. The van der Waals surface area contributed by atoms with E-state index in [2.05, 4.69) is 22.3 Å². The second-order valence-electron chi connectivity index (χ2n) is 6.45. The first-order valence-corrected chi connectivity index (χ1v) is 9.55. The van der Waals surface area contributed by atoms with E-state index in [1.54, 1.807) is 35.5 Å². The van der Waals surface area contributed by atoms with E-state index in [1.807, 2.05) is 36.2 Å². The van der Waals surface area contributed by atoms with Crippen molar-refractivity contribution in [2.45, 2.75) is 13.0 Å². The highest BCUT2D eigenvalue weighted by Crippen LogP contribution is 2.42. The van der Waals surface area contributed by atoms with E-state index >= 15 is 0 Å². The highest BCUT2D eigenvalue weighted by Gasteiger charge is 2.35. The van der Waals surface area contributed by atoms with E-state index in [0.717, 1.165) is 32.5 Å². The van der Waals surface area contributed by atoms with E-state index in [-0.39, 0.29) is 11.9 Å². The Balaban J connectivity index is 1.59. The Bertz CT molecular complexity index is 980. The van der Waals surface area contributed by atoms with E-state index in [1.165, 1.54) is 0 Å². The summed E-state index contributed by atoms with van der Waals surface area (Å²) in [5.74, 6) is 1.69. The van der Waals surface area contributed by atoms with Crippen LogP contribution in [0, 0.1) is 0 Å². The van der Waals surface area contributed by atoms with Gasteiger partial charge in [-0.2, -0.15) is 5.10 Å². The molecule has 0 aliphatic carbocycles. The van der Waals surface area contributed by atoms with Crippen molar-refractivity contribution in [1.82, 2.24) is 19.7 Å². The summed E-state index contributed by atoms with van der Waals surface area (Å²) in [6.07, 6.45) is 3.51. The molecule has 8 heteroatoms. The topological polar surface area (TPSA) is 72.3 Å². The Hall–Kier alpha value is -2.71. The maximum absolute atomic E-state index is 12.7. The molecule has 0 aromatic carbocycles. The van der Waals surface area contributed by atoms with Crippen LogP contribution >= 0.6 is 11.3 Å². The van der Waals surface area contributed by atoms with Gasteiger partial charge < -0.3 is 15.0 Å². The fraction of sp³-hybridized carbons (Fsp3) is 0.316. The minimum Gasteiger partial charge on any atom is -0.383 e. The number of methoxy groups -OCH3 is 1. The quantitative estimate of drug-likeness (QED) is 0.706. The molecule has 0 spiro atoms. The molecule has 3 aromatic rings. The predicted octanol–water partition coefficient (Wildman–Crippen LogP) is 3.45. The molecule has 1 N–H and O–H groups in total. The minimum absolute atomic E-state index is 0.0790. The average Bonchev–Trinajstić information content (AvgIpc) is 3.33. The number of fused-ring (bicyclic) bond motifs is 1. The molecule has 0 fully saturated rings. The molecule has 27 heavy (non-hydrogen) atoms. The summed E-state index contributed by atoms with van der Waals surface area (Å²) in [6.45, 7) is 3.23. The number of carbonyl (C=O) groups is 1. The monoisotopic (exact) mass is 383 g/mol. The van der Waals surface area contributed by atoms with Gasteiger partial charge in [-0.1, -0.05) is 0 Å². The Morgan fingerprint density at radius 2 is 2.15 bits per heavy atom. The van der Waals surface area contributed by atoms with Gasteiger partial charge in [0.2, 0.25) is 0 Å². The van der Waals surface area contributed by atoms with Crippen LogP contribution in [0.4, 0.5) is 11.6 Å². The lowest BCUT2D eigenvalue weighted by molar-refractivity contribution is 0.0668. The van der Waals surface area contributed by atoms with Crippen molar-refractivity contribution in [3.63, 3.8) is 0 Å². The molecule has 0 saturated heterocycles. The lowest BCUT2D eigenvalue weighted by Gasteiger charge is -2.21. The normalized spacial score (nSPS) is 16.0. The van der Waals surface area contributed by atoms with E-state index in [9.17, 15) is 4.79 Å². The standard InChI is InChI=1S/C19H21N5O2S/c1-12-18-14(19(25)24(12)8-9-26-3)11-15(27-18)13-4-6-20-16(10-13)22-17-5-7-21-23(17)2/h4-7,10-12H,8-9H2,1-3H3,(H,20,22). The Kier molecular flexibility index (Phi) is 4.67. The molecule has 140 valence electrons. The number of hydrogen-bond donors (Lipinski definition) is 1. The van der Waals surface area contributed by atoms with Crippen LogP contribution in [-0.2, 0) is 11.8 Å². The molecule has 0 radical (unpaired) electrons. The van der Waals surface area contributed by atoms with Gasteiger partial charge in [-0.3, -0.25) is 9.48 Å². The third kappa shape index (κ3) is 3.22. The molecule has 4 heterocycles. The first-order valence-electron chi connectivity index (χ1n) is 8.73. The summed E-state index contributed by atoms with van der Waals surface area (Å²) >= 11 is 1.67. The number of anilines is 2. The molecule has 7 nitrogen and oxygen atoms in total. The highest BCUT2D eigenvalue weighted by molar-refractivity contribution is 7.16. The van der Waals surface area contributed by atoms with Gasteiger partial charge in [0.25, 0.3) is 5.91 Å². The number of pyridine rings is 1. The molecule has 1 amide bonds. The predicted molar refractivity (Wildman–Crippen MR) is 105 cm³/mol. The highest BCUT2D eigenvalue weighted by atomic mass is 32.1. The Labute approximate surface area is 161 Å². The molecule has 0 saturated carbocycles. The smallest absolute Gasteiger partial charge is 0.255 e. The molecule has 1 unspecified atom stereocenters. The average molecular weight is 383 g/mol. The van der Waals surface area contributed by atoms with Crippen molar-refractivity contribution in [1.29, 1.82) is 0 Å². The number of rotatable bonds is 6. The number of nitrogens with zero attached hydrogens (tertiary/aromatic N) is 4. The van der Waals surface area contributed by atoms with Crippen molar-refractivity contribution in [3.8, 4) is 10.4 Å². The fourth-order valence-corrected chi connectivity index (χ4v) is 4.47. The van der Waals surface area contributed by atoms with Crippen LogP contribution in [0.15, 0.2) is 36.7 Å². The van der Waals surface area contributed by atoms with Crippen LogP contribution in [0.5, 0.6) is 0 Å². The van der Waals surface area contributed by atoms with Gasteiger partial charge in [0, 0.05) is 42.7 Å². The van der Waals surface area contributed by atoms with Gasteiger partial charge in [0.15, 0.2) is 0 Å². The van der Waals surface area contributed by atoms with Crippen LogP contribution in [0.1, 0.15) is 28.2 Å². The van der Waals surface area contributed by atoms with Gasteiger partial charge in [-0.05, 0) is 30.7 Å². The van der Waals surface area contributed by atoms with Gasteiger partial charge >= 0.3 is 0 Å². The number of aryl methyl sites for hydroxylation is 1. The Morgan fingerprint density at radius 3 is 2.85 bits per heavy atom. The second-order valence-corrected chi connectivity index (χ2v) is 7.53. The zero-order chi connectivity index (χ0) is 19.0. The summed E-state index contributed by atoms with van der Waals surface area (Å²) in [5, 5.41) is 7.41. The lowest BCUT2D eigenvalue weighted by atomic mass is 10.1. The van der Waals surface area contributed by atoms with Crippen molar-refractivity contribution < 1.29 is 9.53 Å². The molecule has 3 aromatic heterocycles. The molecule has 0 bridgehead atoms. The number of ether oxygens (including phenoxy) is 1. The molecule has 1 aliphatic rings. The second kappa shape index (κ2) is 7.13. The van der Waals surface area contributed by atoms with Crippen molar-refractivity contribution in [2.75, 3.05) is 25.6 Å². The number of amides is 1. The number of aromatic nitrogens is 3. The largest absolute Gasteiger partial charge is 0.383 e. The van der Waals surface area contributed by atoms with Crippen molar-refractivity contribution >= 4 is 28.9 Å². The van der Waals surface area contributed by atoms with Crippen molar-refractivity contribution in [3.05, 3.63) is 47.1 Å². The number of carbonyl (C=O) groups excluding carboxylic acids is 1. The molecule has 4 rings (SSSR count). The summed E-state index contributed by atoms with van der Waals surface area (Å²) in [5.41, 5.74) is 1.84.